The van der Waals surface area contributed by atoms with Gasteiger partial charge in [0.2, 0.25) is 0 Å². The van der Waals surface area contributed by atoms with Crippen molar-refractivity contribution in [3.8, 4) is 11.5 Å². The standard InChI is InChI=1S/C22H18N2O2S/c23-22(27)24-21(17-11-14-6-1-2-7-15(14)12-19(17)26)20-16-8-4-3-5-13(16)9-10-18(20)25/h1-12,21,25-26H,(H3,23,24,27). The summed E-state index contributed by atoms with van der Waals surface area (Å²) >= 11 is 5.08. The maximum Gasteiger partial charge on any atom is 0.164 e. The average Bonchev–Trinajstić information content (AvgIpc) is 2.66. The first kappa shape index (κ1) is 17.1. The number of benzene rings is 4. The maximum atomic E-state index is 10.7. The Hall–Kier alpha value is -3.31. The zero-order chi connectivity index (χ0) is 19.0. The van der Waals surface area contributed by atoms with Gasteiger partial charge in [-0.1, -0.05) is 54.6 Å². The van der Waals surface area contributed by atoms with Crippen molar-refractivity contribution in [3.05, 3.63) is 83.9 Å². The van der Waals surface area contributed by atoms with Gasteiger partial charge in [0.1, 0.15) is 11.5 Å². The molecule has 4 aromatic carbocycles. The van der Waals surface area contributed by atoms with Crippen molar-refractivity contribution in [3.63, 3.8) is 0 Å². The molecule has 0 saturated carbocycles. The molecule has 0 fully saturated rings. The largest absolute Gasteiger partial charge is 0.508 e. The molecule has 0 aliphatic heterocycles. The minimum Gasteiger partial charge on any atom is -0.508 e. The molecule has 5 heteroatoms. The Bertz CT molecular complexity index is 1170. The van der Waals surface area contributed by atoms with Gasteiger partial charge in [-0.3, -0.25) is 0 Å². The fraction of sp³-hybridized carbons (Fsp3) is 0.0455. The van der Waals surface area contributed by atoms with E-state index in [1.807, 2.05) is 60.7 Å². The SMILES string of the molecule is NC(=S)NC(c1cc2ccccc2cc1O)c1c(O)ccc2ccccc12. The van der Waals surface area contributed by atoms with E-state index in [1.165, 1.54) is 0 Å². The number of rotatable bonds is 3. The van der Waals surface area contributed by atoms with Crippen molar-refractivity contribution in [2.75, 3.05) is 0 Å². The first-order valence-corrected chi connectivity index (χ1v) is 8.93. The van der Waals surface area contributed by atoms with Crippen molar-refractivity contribution in [2.45, 2.75) is 6.04 Å². The molecule has 4 nitrogen and oxygen atoms in total. The summed E-state index contributed by atoms with van der Waals surface area (Å²) in [5, 5.41) is 28.2. The third kappa shape index (κ3) is 3.13. The quantitative estimate of drug-likeness (QED) is 0.402. The third-order valence-corrected chi connectivity index (χ3v) is 4.85. The fourth-order valence-electron chi connectivity index (χ4n) is 3.51. The molecular weight excluding hydrogens is 356 g/mol. The number of fused-ring (bicyclic) bond motifs is 2. The lowest BCUT2D eigenvalue weighted by Crippen LogP contribution is -2.33. The maximum absolute atomic E-state index is 10.7. The Labute approximate surface area is 161 Å². The molecule has 1 atom stereocenters. The monoisotopic (exact) mass is 374 g/mol. The van der Waals surface area contributed by atoms with E-state index in [-0.39, 0.29) is 16.6 Å². The summed E-state index contributed by atoms with van der Waals surface area (Å²) in [5.41, 5.74) is 6.99. The molecule has 0 bridgehead atoms. The van der Waals surface area contributed by atoms with Gasteiger partial charge < -0.3 is 21.3 Å². The normalized spacial score (nSPS) is 12.1. The summed E-state index contributed by atoms with van der Waals surface area (Å²) in [6.45, 7) is 0. The van der Waals surface area contributed by atoms with E-state index in [4.69, 9.17) is 18.0 Å². The number of nitrogens with one attached hydrogen (secondary N) is 1. The molecule has 0 aliphatic carbocycles. The molecule has 0 saturated heterocycles. The Morgan fingerprint density at radius 1 is 0.815 bits per heavy atom. The highest BCUT2D eigenvalue weighted by molar-refractivity contribution is 7.80. The van der Waals surface area contributed by atoms with Gasteiger partial charge in [-0.05, 0) is 52.0 Å². The van der Waals surface area contributed by atoms with Crippen LogP contribution < -0.4 is 11.1 Å². The van der Waals surface area contributed by atoms with Crippen molar-refractivity contribution in [1.82, 2.24) is 5.32 Å². The van der Waals surface area contributed by atoms with Crippen LogP contribution in [-0.2, 0) is 0 Å². The molecule has 0 heterocycles. The molecule has 0 radical (unpaired) electrons. The number of aromatic hydroxyl groups is 2. The van der Waals surface area contributed by atoms with Crippen LogP contribution in [0.25, 0.3) is 21.5 Å². The highest BCUT2D eigenvalue weighted by Crippen LogP contribution is 2.40. The molecule has 27 heavy (non-hydrogen) atoms. The van der Waals surface area contributed by atoms with Crippen LogP contribution in [0.3, 0.4) is 0 Å². The lowest BCUT2D eigenvalue weighted by atomic mass is 9.91. The van der Waals surface area contributed by atoms with Crippen molar-refractivity contribution >= 4 is 38.9 Å². The van der Waals surface area contributed by atoms with E-state index in [2.05, 4.69) is 5.32 Å². The van der Waals surface area contributed by atoms with Crippen LogP contribution in [0, 0.1) is 0 Å². The van der Waals surface area contributed by atoms with Crippen molar-refractivity contribution < 1.29 is 10.2 Å². The van der Waals surface area contributed by atoms with Gasteiger partial charge >= 0.3 is 0 Å². The highest BCUT2D eigenvalue weighted by atomic mass is 32.1. The minimum atomic E-state index is -0.599. The van der Waals surface area contributed by atoms with E-state index in [0.717, 1.165) is 21.5 Å². The molecule has 1 unspecified atom stereocenters. The Kier molecular flexibility index (Phi) is 4.30. The molecule has 0 amide bonds. The van der Waals surface area contributed by atoms with Crippen molar-refractivity contribution in [1.29, 1.82) is 0 Å². The summed E-state index contributed by atoms with van der Waals surface area (Å²) < 4.78 is 0. The van der Waals surface area contributed by atoms with Gasteiger partial charge in [-0.25, -0.2) is 0 Å². The van der Waals surface area contributed by atoms with Crippen LogP contribution in [0.5, 0.6) is 11.5 Å². The topological polar surface area (TPSA) is 78.5 Å². The molecular formula is C22H18N2O2S. The number of phenols is 2. The first-order valence-electron chi connectivity index (χ1n) is 8.53. The highest BCUT2D eigenvalue weighted by Gasteiger charge is 2.24. The van der Waals surface area contributed by atoms with Crippen LogP contribution in [0.15, 0.2) is 72.8 Å². The Morgan fingerprint density at radius 3 is 2.15 bits per heavy atom. The van der Waals surface area contributed by atoms with Gasteiger partial charge in [0.25, 0.3) is 0 Å². The number of thiocarbonyl (C=S) groups is 1. The Morgan fingerprint density at radius 2 is 1.44 bits per heavy atom. The summed E-state index contributed by atoms with van der Waals surface area (Å²) in [7, 11) is 0. The van der Waals surface area contributed by atoms with Gasteiger partial charge in [-0.15, -0.1) is 0 Å². The lowest BCUT2D eigenvalue weighted by molar-refractivity contribution is 0.453. The molecule has 4 aromatic rings. The van der Waals surface area contributed by atoms with Crippen molar-refractivity contribution in [2.24, 2.45) is 5.73 Å². The zero-order valence-electron chi connectivity index (χ0n) is 14.4. The fourth-order valence-corrected chi connectivity index (χ4v) is 3.63. The van der Waals surface area contributed by atoms with E-state index in [0.29, 0.717) is 11.1 Å². The van der Waals surface area contributed by atoms with E-state index < -0.39 is 6.04 Å². The first-order chi connectivity index (χ1) is 13.0. The average molecular weight is 374 g/mol. The van der Waals surface area contributed by atoms with Crippen LogP contribution in [0.2, 0.25) is 0 Å². The predicted octanol–water partition coefficient (Wildman–Crippen LogP) is 4.33. The molecule has 0 spiro atoms. The molecule has 4 rings (SSSR count). The number of hydrogen-bond acceptors (Lipinski definition) is 3. The van der Waals surface area contributed by atoms with Gasteiger partial charge in [0, 0.05) is 11.1 Å². The second-order valence-electron chi connectivity index (χ2n) is 6.42. The lowest BCUT2D eigenvalue weighted by Gasteiger charge is -2.24. The predicted molar refractivity (Wildman–Crippen MR) is 113 cm³/mol. The molecule has 0 aromatic heterocycles. The zero-order valence-corrected chi connectivity index (χ0v) is 15.2. The van der Waals surface area contributed by atoms with Gasteiger partial charge in [-0.2, -0.15) is 0 Å². The van der Waals surface area contributed by atoms with Crippen LogP contribution in [0.1, 0.15) is 17.2 Å². The van der Waals surface area contributed by atoms with Gasteiger partial charge in [0.05, 0.1) is 6.04 Å². The van der Waals surface area contributed by atoms with Crippen LogP contribution in [-0.4, -0.2) is 15.3 Å². The second-order valence-corrected chi connectivity index (χ2v) is 6.86. The van der Waals surface area contributed by atoms with Crippen LogP contribution >= 0.6 is 12.2 Å². The number of nitrogens with two attached hydrogens (primary N) is 1. The summed E-state index contributed by atoms with van der Waals surface area (Å²) in [4.78, 5) is 0. The molecule has 0 aliphatic rings. The summed E-state index contributed by atoms with van der Waals surface area (Å²) in [5.74, 6) is 0.213. The summed E-state index contributed by atoms with van der Waals surface area (Å²) in [6, 6.07) is 22.0. The van der Waals surface area contributed by atoms with Crippen LogP contribution in [0.4, 0.5) is 0 Å². The molecule has 134 valence electrons. The molecule has 5 N–H and O–H groups in total. The third-order valence-electron chi connectivity index (χ3n) is 4.73. The van der Waals surface area contributed by atoms with Gasteiger partial charge in [0.15, 0.2) is 5.11 Å². The minimum absolute atomic E-state index is 0.0832. The summed E-state index contributed by atoms with van der Waals surface area (Å²) in [6.07, 6.45) is 0. The van der Waals surface area contributed by atoms with E-state index in [1.54, 1.807) is 12.1 Å². The van der Waals surface area contributed by atoms with E-state index in [9.17, 15) is 10.2 Å². The number of hydrogen-bond donors (Lipinski definition) is 4. The Balaban J connectivity index is 2.00. The second kappa shape index (κ2) is 6.78. The van der Waals surface area contributed by atoms with E-state index >= 15 is 0 Å². The number of phenolic OH excluding ortho intramolecular Hbond substituents is 2. The smallest absolute Gasteiger partial charge is 0.164 e.